The van der Waals surface area contributed by atoms with Crippen molar-refractivity contribution in [2.24, 2.45) is 0 Å². The van der Waals surface area contributed by atoms with Gasteiger partial charge in [-0.3, -0.25) is 4.79 Å². The van der Waals surface area contributed by atoms with Crippen molar-refractivity contribution in [1.29, 1.82) is 0 Å². The molecule has 0 spiro atoms. The van der Waals surface area contributed by atoms with E-state index in [0.717, 1.165) is 0 Å². The molecule has 0 radical (unpaired) electrons. The quantitative estimate of drug-likeness (QED) is 0.533. The van der Waals surface area contributed by atoms with Crippen LogP contribution in [0.5, 0.6) is 0 Å². The molecule has 1 heterocycles. The van der Waals surface area contributed by atoms with Gasteiger partial charge in [0.25, 0.3) is 0 Å². The van der Waals surface area contributed by atoms with Gasteiger partial charge in [-0.2, -0.15) is 0 Å². The van der Waals surface area contributed by atoms with E-state index < -0.39 is 0 Å². The number of nitrogen functional groups attached to an aromatic ring is 1. The molecule has 0 aliphatic carbocycles. The summed E-state index contributed by atoms with van der Waals surface area (Å²) in [6, 6.07) is 8.31. The van der Waals surface area contributed by atoms with Crippen molar-refractivity contribution in [3.8, 4) is 0 Å². The Balaban J connectivity index is 2.28. The maximum absolute atomic E-state index is 12.1. The first kappa shape index (κ1) is 12.9. The number of nitrogens with two attached hydrogens (primary N) is 1. The van der Waals surface area contributed by atoms with E-state index in [1.54, 1.807) is 36.5 Å². The van der Waals surface area contributed by atoms with E-state index in [4.69, 9.17) is 28.9 Å². The van der Waals surface area contributed by atoms with Gasteiger partial charge in [-0.05, 0) is 29.8 Å². The number of benzene rings is 1. The second kappa shape index (κ2) is 5.38. The van der Waals surface area contributed by atoms with Crippen molar-refractivity contribution in [2.45, 2.75) is 6.42 Å². The Kier molecular flexibility index (Phi) is 3.84. The third kappa shape index (κ3) is 2.81. The summed E-state index contributed by atoms with van der Waals surface area (Å²) in [5.41, 5.74) is 7.21. The third-order valence-corrected chi connectivity index (χ3v) is 3.15. The van der Waals surface area contributed by atoms with Crippen LogP contribution in [0.1, 0.15) is 15.9 Å². The minimum absolute atomic E-state index is 0.137. The summed E-state index contributed by atoms with van der Waals surface area (Å²) in [5, 5.41) is 0.708. The largest absolute Gasteiger partial charge is 0.399 e. The van der Waals surface area contributed by atoms with Gasteiger partial charge in [-0.15, -0.1) is 0 Å². The molecule has 5 heteroatoms. The number of carbonyl (C=O) groups excluding carboxylic acids is 1. The monoisotopic (exact) mass is 280 g/mol. The van der Waals surface area contributed by atoms with Crippen LogP contribution >= 0.6 is 23.2 Å². The summed E-state index contributed by atoms with van der Waals surface area (Å²) in [6.45, 7) is 0. The third-order valence-electron chi connectivity index (χ3n) is 2.48. The number of anilines is 1. The van der Waals surface area contributed by atoms with Gasteiger partial charge in [0.15, 0.2) is 5.78 Å². The lowest BCUT2D eigenvalue weighted by Gasteiger charge is -2.05. The van der Waals surface area contributed by atoms with Crippen LogP contribution in [0, 0.1) is 0 Å². The van der Waals surface area contributed by atoms with Crippen LogP contribution < -0.4 is 5.73 Å². The highest BCUT2D eigenvalue weighted by atomic mass is 35.5. The van der Waals surface area contributed by atoms with Crippen molar-refractivity contribution >= 4 is 34.7 Å². The SMILES string of the molecule is Nc1ccc(Cl)c(C(=O)Cc2cccnc2Cl)c1. The minimum atomic E-state index is -0.137. The number of hydrogen-bond donors (Lipinski definition) is 1. The molecule has 0 unspecified atom stereocenters. The Morgan fingerprint density at radius 3 is 2.78 bits per heavy atom. The minimum Gasteiger partial charge on any atom is -0.399 e. The average Bonchev–Trinajstić information content (AvgIpc) is 2.35. The van der Waals surface area contributed by atoms with Gasteiger partial charge in [-0.1, -0.05) is 29.3 Å². The lowest BCUT2D eigenvalue weighted by Crippen LogP contribution is -2.06. The van der Waals surface area contributed by atoms with E-state index in [9.17, 15) is 4.79 Å². The molecule has 0 fully saturated rings. The molecule has 0 aliphatic heterocycles. The van der Waals surface area contributed by atoms with Crippen LogP contribution in [0.2, 0.25) is 10.2 Å². The first-order valence-corrected chi connectivity index (χ1v) is 6.01. The van der Waals surface area contributed by atoms with Gasteiger partial charge < -0.3 is 5.73 Å². The van der Waals surface area contributed by atoms with Gasteiger partial charge in [0.1, 0.15) is 5.15 Å². The average molecular weight is 281 g/mol. The molecule has 0 aliphatic rings. The first-order valence-electron chi connectivity index (χ1n) is 5.25. The molecule has 3 nitrogen and oxygen atoms in total. The Morgan fingerprint density at radius 2 is 2.06 bits per heavy atom. The zero-order chi connectivity index (χ0) is 13.1. The number of nitrogens with zero attached hydrogens (tertiary/aromatic N) is 1. The van der Waals surface area contributed by atoms with Gasteiger partial charge in [0.2, 0.25) is 0 Å². The predicted molar refractivity (Wildman–Crippen MR) is 73.1 cm³/mol. The molecule has 0 amide bonds. The lowest BCUT2D eigenvalue weighted by molar-refractivity contribution is 0.0993. The number of hydrogen-bond acceptors (Lipinski definition) is 3. The van der Waals surface area contributed by atoms with Crippen LogP contribution in [0.15, 0.2) is 36.5 Å². The Labute approximate surface area is 115 Å². The molecule has 18 heavy (non-hydrogen) atoms. The van der Waals surface area contributed by atoms with Gasteiger partial charge in [0.05, 0.1) is 5.02 Å². The maximum Gasteiger partial charge on any atom is 0.168 e. The van der Waals surface area contributed by atoms with E-state index in [1.807, 2.05) is 0 Å². The molecule has 0 saturated carbocycles. The van der Waals surface area contributed by atoms with Crippen molar-refractivity contribution in [1.82, 2.24) is 4.98 Å². The summed E-state index contributed by atoms with van der Waals surface area (Å²) in [5.74, 6) is -0.137. The molecule has 0 atom stereocenters. The summed E-state index contributed by atoms with van der Waals surface area (Å²) in [7, 11) is 0. The molecule has 0 saturated heterocycles. The molecular formula is C13H10Cl2N2O. The van der Waals surface area contributed by atoms with Crippen LogP contribution in [0.25, 0.3) is 0 Å². The second-order valence-electron chi connectivity index (χ2n) is 3.79. The highest BCUT2D eigenvalue weighted by Crippen LogP contribution is 2.22. The smallest absolute Gasteiger partial charge is 0.168 e. The van der Waals surface area contributed by atoms with E-state index >= 15 is 0 Å². The number of carbonyl (C=O) groups is 1. The number of halogens is 2. The highest BCUT2D eigenvalue weighted by molar-refractivity contribution is 6.34. The predicted octanol–water partition coefficient (Wildman–Crippen LogP) is 3.40. The summed E-state index contributed by atoms with van der Waals surface area (Å²) < 4.78 is 0. The fraction of sp³-hybridized carbons (Fsp3) is 0.0769. The van der Waals surface area contributed by atoms with Gasteiger partial charge >= 0.3 is 0 Å². The van der Waals surface area contributed by atoms with Gasteiger partial charge in [0, 0.05) is 23.9 Å². The molecule has 2 aromatic rings. The zero-order valence-electron chi connectivity index (χ0n) is 9.36. The molecular weight excluding hydrogens is 271 g/mol. The Bertz CT molecular complexity index is 599. The maximum atomic E-state index is 12.1. The molecule has 2 N–H and O–H groups in total. The molecule has 2 rings (SSSR count). The van der Waals surface area contributed by atoms with Gasteiger partial charge in [-0.25, -0.2) is 4.98 Å². The zero-order valence-corrected chi connectivity index (χ0v) is 10.9. The number of rotatable bonds is 3. The van der Waals surface area contributed by atoms with Crippen LogP contribution in [-0.4, -0.2) is 10.8 Å². The Hall–Kier alpha value is -1.58. The highest BCUT2D eigenvalue weighted by Gasteiger charge is 2.13. The molecule has 92 valence electrons. The fourth-order valence-corrected chi connectivity index (χ4v) is 1.99. The van der Waals surface area contributed by atoms with E-state index in [1.165, 1.54) is 0 Å². The summed E-state index contributed by atoms with van der Waals surface area (Å²) in [4.78, 5) is 16.0. The topological polar surface area (TPSA) is 56.0 Å². The normalized spacial score (nSPS) is 10.3. The summed E-state index contributed by atoms with van der Waals surface area (Å²) in [6.07, 6.45) is 1.72. The standard InChI is InChI=1S/C13H10Cl2N2O/c14-11-4-3-9(16)7-10(11)12(18)6-8-2-1-5-17-13(8)15/h1-5,7H,6,16H2. The second-order valence-corrected chi connectivity index (χ2v) is 4.56. The number of aromatic nitrogens is 1. The molecule has 1 aromatic carbocycles. The lowest BCUT2D eigenvalue weighted by atomic mass is 10.0. The van der Waals surface area contributed by atoms with Crippen LogP contribution in [-0.2, 0) is 6.42 Å². The fourth-order valence-electron chi connectivity index (χ4n) is 1.58. The first-order chi connectivity index (χ1) is 8.58. The van der Waals surface area contributed by atoms with Crippen molar-refractivity contribution in [3.63, 3.8) is 0 Å². The van der Waals surface area contributed by atoms with Crippen molar-refractivity contribution in [3.05, 3.63) is 57.8 Å². The molecule has 1 aromatic heterocycles. The van der Waals surface area contributed by atoms with Crippen LogP contribution in [0.3, 0.4) is 0 Å². The molecule has 0 bridgehead atoms. The Morgan fingerprint density at radius 1 is 1.28 bits per heavy atom. The summed E-state index contributed by atoms with van der Waals surface area (Å²) >= 11 is 11.9. The van der Waals surface area contributed by atoms with Crippen LogP contribution in [0.4, 0.5) is 5.69 Å². The van der Waals surface area contributed by atoms with E-state index in [-0.39, 0.29) is 12.2 Å². The van der Waals surface area contributed by atoms with E-state index in [2.05, 4.69) is 4.98 Å². The van der Waals surface area contributed by atoms with Crippen molar-refractivity contribution < 1.29 is 4.79 Å². The number of pyridine rings is 1. The number of Topliss-reactive ketones (excluding diaryl/α,β-unsaturated/α-hetero) is 1. The number of ketones is 1. The van der Waals surface area contributed by atoms with E-state index in [0.29, 0.717) is 27.0 Å². The van der Waals surface area contributed by atoms with Crippen molar-refractivity contribution in [2.75, 3.05) is 5.73 Å².